The van der Waals surface area contributed by atoms with Gasteiger partial charge in [-0.15, -0.1) is 0 Å². The van der Waals surface area contributed by atoms with Crippen LogP contribution in [0.25, 0.3) is 21.9 Å². The van der Waals surface area contributed by atoms with Gasteiger partial charge in [0.25, 0.3) is 0 Å². The first-order valence-electron chi connectivity index (χ1n) is 54.9. The van der Waals surface area contributed by atoms with Crippen molar-refractivity contribution in [2.24, 2.45) is 17.3 Å². The summed E-state index contributed by atoms with van der Waals surface area (Å²) >= 11 is 0. The van der Waals surface area contributed by atoms with Crippen molar-refractivity contribution >= 4 is 10.8 Å². The van der Waals surface area contributed by atoms with E-state index >= 15 is 0 Å². The molecule has 0 fully saturated rings. The molecule has 0 nitrogen and oxygen atoms in total. The zero-order chi connectivity index (χ0) is 101. The molecule has 0 bridgehead atoms. The minimum atomic E-state index is 0.270. The summed E-state index contributed by atoms with van der Waals surface area (Å²) in [7, 11) is 0. The van der Waals surface area contributed by atoms with Crippen molar-refractivity contribution in [1.29, 1.82) is 0 Å². The van der Waals surface area contributed by atoms with E-state index in [1.807, 2.05) is 6.07 Å². The molecule has 12 rings (SSSR count). The quantitative estimate of drug-likeness (QED) is 0.0335. The summed E-state index contributed by atoms with van der Waals surface area (Å²) in [6.45, 7) is 64.1. The second-order valence-corrected chi connectivity index (χ2v) is 43.4. The smallest absolute Gasteiger partial charge is 0.00638 e. The predicted molar refractivity (Wildman–Crippen MR) is 616 cm³/mol. The van der Waals surface area contributed by atoms with Crippen LogP contribution in [-0.4, -0.2) is 0 Å². The molecule has 0 aliphatic rings. The van der Waals surface area contributed by atoms with E-state index in [4.69, 9.17) is 0 Å². The van der Waals surface area contributed by atoms with E-state index < -0.39 is 0 Å². The molecule has 744 valence electrons. The average molecular weight is 1840 g/mol. The average Bonchev–Trinajstić information content (AvgIpc) is 0.776. The van der Waals surface area contributed by atoms with Crippen LogP contribution in [-0.2, 0) is 11.8 Å². The van der Waals surface area contributed by atoms with Gasteiger partial charge >= 0.3 is 0 Å². The van der Waals surface area contributed by atoms with Gasteiger partial charge in [-0.1, -0.05) is 587 Å². The minimum Gasteiger partial charge on any atom is -0.0654 e. The first-order chi connectivity index (χ1) is 65.7. The van der Waals surface area contributed by atoms with Crippen LogP contribution in [0.2, 0.25) is 0 Å². The summed E-state index contributed by atoms with van der Waals surface area (Å²) in [6.07, 6.45) is 39.0. The first kappa shape index (κ1) is 118. The Hall–Kier alpha value is -9.10. The highest BCUT2D eigenvalue weighted by Gasteiger charge is 2.28. The van der Waals surface area contributed by atoms with Crippen molar-refractivity contribution in [3.63, 3.8) is 0 Å². The van der Waals surface area contributed by atoms with Crippen molar-refractivity contribution in [3.05, 3.63) is 391 Å². The number of hydrogen-bond donors (Lipinski definition) is 0. The summed E-state index contributed by atoms with van der Waals surface area (Å²) in [5, 5.41) is 2.64. The third-order valence-electron chi connectivity index (χ3n) is 28.6. The molecule has 0 aromatic heterocycles. The van der Waals surface area contributed by atoms with E-state index in [9.17, 15) is 0 Å². The Morgan fingerprint density at radius 3 is 0.964 bits per heavy atom. The molecule has 8 atom stereocenters. The van der Waals surface area contributed by atoms with Gasteiger partial charge in [-0.3, -0.25) is 0 Å². The molecular weight excluding hydrogens is 1650 g/mol. The van der Waals surface area contributed by atoms with Crippen LogP contribution in [0.15, 0.2) is 285 Å². The molecule has 0 heteroatoms. The van der Waals surface area contributed by atoms with Gasteiger partial charge < -0.3 is 0 Å². The van der Waals surface area contributed by atoms with E-state index in [2.05, 4.69) is 473 Å². The maximum absolute atomic E-state index is 2.48. The number of fused-ring (bicyclic) bond motifs is 1. The summed E-state index contributed by atoms with van der Waals surface area (Å²) in [4.78, 5) is 0. The van der Waals surface area contributed by atoms with Crippen LogP contribution >= 0.6 is 0 Å². The molecule has 0 saturated carbocycles. The fraction of sp³-hybridized carbons (Fsp3) is 0.489. The van der Waals surface area contributed by atoms with Crippen LogP contribution in [0.3, 0.4) is 0 Å². The van der Waals surface area contributed by atoms with Gasteiger partial charge in [0.2, 0.25) is 0 Å². The number of aryl methyl sites for hydroxylation is 6. The van der Waals surface area contributed by atoms with Crippen molar-refractivity contribution in [2.75, 3.05) is 0 Å². The highest BCUT2D eigenvalue weighted by atomic mass is 14.3. The van der Waals surface area contributed by atoms with E-state index in [-0.39, 0.29) is 5.41 Å². The van der Waals surface area contributed by atoms with Gasteiger partial charge in [0.05, 0.1) is 0 Å². The summed E-state index contributed by atoms with van der Waals surface area (Å²) in [6, 6.07) is 103. The standard InChI is InChI=1S/C31H32.2C19H32.C16H26.C15H24.C13H12.C13H28.C11H10/c1-22(26-14-8-5-9-15-26)29-20-30(23(2)27-16-10-6-11-17-27)25(4)31(21-29)24(3)28-18-12-7-13-19-28;1-8-13(4)17-11-18(14(5)9-2)16(7)19(12-17)15(6)10-3;1-3-4-5-6-7-8-9-10-11-12-13-19-16-14-18(2)15-17-19;1-12(2)10-14(4)11-15(5)16-8-6-13(3)7-9-16;1-12-7-9-13(10-8-12)15(5,6)11-14(2,3)4;1-11-7-9-13(10-8-11)12-5-3-2-4-6-12;1-3-5-7-9-11-13-12-10-8-6-4-2;1-9-6-7-10-4-2-3-5-11(10)8-9/h5-24H,1-4H3;11-15H,8-10H2,1-7H3;14-17H,3-13H2,1-2H3;6-9,12,14-15H,10-11H2,1-5H3;7-10H,11H2,1-6H3;2-10H,1H3;3-13H2,1-2H3;2-8H,1H3. The third kappa shape index (κ3) is 46.2. The Balaban J connectivity index is 0.000000283. The van der Waals surface area contributed by atoms with Crippen LogP contribution < -0.4 is 0 Å². The Bertz CT molecular complexity index is 4940. The Morgan fingerprint density at radius 2 is 0.569 bits per heavy atom. The molecule has 0 saturated heterocycles. The summed E-state index contributed by atoms with van der Waals surface area (Å²) in [5.41, 5.74) is 30.4. The van der Waals surface area contributed by atoms with Gasteiger partial charge in [0.1, 0.15) is 0 Å². The monoisotopic (exact) mass is 1840 g/mol. The summed E-state index contributed by atoms with van der Waals surface area (Å²) in [5.74, 6) is 5.41. The summed E-state index contributed by atoms with van der Waals surface area (Å²) < 4.78 is 0. The van der Waals surface area contributed by atoms with Crippen molar-refractivity contribution in [2.45, 2.75) is 420 Å². The van der Waals surface area contributed by atoms with Gasteiger partial charge in [-0.2, -0.15) is 0 Å². The Kier molecular flexibility index (Phi) is 57.5. The molecule has 12 aromatic rings. The topological polar surface area (TPSA) is 0 Å². The van der Waals surface area contributed by atoms with Crippen molar-refractivity contribution in [1.82, 2.24) is 0 Å². The van der Waals surface area contributed by atoms with Gasteiger partial charge in [0, 0.05) is 17.8 Å². The number of benzene rings is 12. The maximum Gasteiger partial charge on any atom is 0.00638 e. The second-order valence-electron chi connectivity index (χ2n) is 43.4. The van der Waals surface area contributed by atoms with Crippen molar-refractivity contribution < 1.29 is 0 Å². The lowest BCUT2D eigenvalue weighted by Crippen LogP contribution is -2.24. The Labute approximate surface area is 844 Å². The SMILES string of the molecule is CCC(C)c1cc(C(C)CC)c(C)c(C(C)CC)c1.CCCCCCCCCCCCC.CCCCCCCCCCCCc1ccc(C)cc1.Cc1c(C(C)c2ccccc2)cc(C(C)c2ccccc2)cc1C(C)c1ccccc1.Cc1ccc(-c2ccccc2)cc1.Cc1ccc(C(C)(C)CC(C)(C)C)cc1.Cc1ccc(C(C)CC(C)CC(C)C)cc1.Cc1ccc2ccccc2c1. The largest absolute Gasteiger partial charge is 0.0654 e. The molecule has 0 aliphatic carbocycles. The fourth-order valence-corrected chi connectivity index (χ4v) is 19.4. The van der Waals surface area contributed by atoms with Crippen LogP contribution in [0.5, 0.6) is 0 Å². The molecule has 0 N–H and O–H groups in total. The number of unbranched alkanes of at least 4 members (excludes halogenated alkanes) is 19. The van der Waals surface area contributed by atoms with E-state index in [1.165, 1.54) is 291 Å². The predicted octanol–water partition coefficient (Wildman–Crippen LogP) is 43.5. The highest BCUT2D eigenvalue weighted by molar-refractivity contribution is 5.83. The van der Waals surface area contributed by atoms with Gasteiger partial charge in [-0.25, -0.2) is 0 Å². The first-order valence-corrected chi connectivity index (χ1v) is 54.9. The number of hydrogen-bond acceptors (Lipinski definition) is 0. The molecule has 0 radical (unpaired) electrons. The fourth-order valence-electron chi connectivity index (χ4n) is 19.4. The normalized spacial score (nSPS) is 12.9. The lowest BCUT2D eigenvalue weighted by molar-refractivity contribution is 0.284. The Morgan fingerprint density at radius 1 is 0.241 bits per heavy atom. The van der Waals surface area contributed by atoms with E-state index in [0.717, 1.165) is 11.8 Å². The molecule has 8 unspecified atom stereocenters. The zero-order valence-corrected chi connectivity index (χ0v) is 92.6. The van der Waals surface area contributed by atoms with Gasteiger partial charge in [-0.05, 0) is 246 Å². The molecule has 0 spiro atoms. The molecule has 137 heavy (non-hydrogen) atoms. The van der Waals surface area contributed by atoms with Crippen molar-refractivity contribution in [3.8, 4) is 11.1 Å². The zero-order valence-electron chi connectivity index (χ0n) is 92.6. The molecule has 0 heterocycles. The van der Waals surface area contributed by atoms with Crippen LogP contribution in [0.4, 0.5) is 0 Å². The van der Waals surface area contributed by atoms with Crippen LogP contribution in [0, 0.1) is 65.7 Å². The molecule has 0 aliphatic heterocycles. The molecule has 0 amide bonds. The van der Waals surface area contributed by atoms with Gasteiger partial charge in [0.15, 0.2) is 0 Å². The van der Waals surface area contributed by atoms with Crippen LogP contribution in [0.1, 0.15) is 466 Å². The maximum atomic E-state index is 2.48. The minimum absolute atomic E-state index is 0.270. The lowest BCUT2D eigenvalue weighted by atomic mass is 9.72. The number of rotatable bonds is 41. The van der Waals surface area contributed by atoms with E-state index in [0.29, 0.717) is 46.8 Å². The lowest BCUT2D eigenvalue weighted by Gasteiger charge is -2.33. The highest BCUT2D eigenvalue weighted by Crippen LogP contribution is 2.41. The second kappa shape index (κ2) is 66.5. The molecular formula is C137H196. The van der Waals surface area contributed by atoms with E-state index in [1.54, 1.807) is 16.7 Å². The third-order valence-corrected chi connectivity index (χ3v) is 28.6. The molecule has 12 aromatic carbocycles.